The minimum Gasteiger partial charge on any atom is -0.480 e. The van der Waals surface area contributed by atoms with Crippen molar-refractivity contribution in [1.29, 1.82) is 0 Å². The van der Waals surface area contributed by atoms with Gasteiger partial charge in [0, 0.05) is 6.42 Å². The number of alkyl halides is 2. The van der Waals surface area contributed by atoms with E-state index in [1.807, 2.05) is 0 Å². The van der Waals surface area contributed by atoms with E-state index in [0.29, 0.717) is 5.56 Å². The monoisotopic (exact) mass is 285 g/mol. The van der Waals surface area contributed by atoms with Crippen LogP contribution in [0.4, 0.5) is 8.78 Å². The Labute approximate surface area is 115 Å². The summed E-state index contributed by atoms with van der Waals surface area (Å²) in [4.78, 5) is 23.0. The Balaban J connectivity index is 2.85. The molecule has 1 atom stereocenters. The number of hydrogen-bond acceptors (Lipinski definition) is 2. The van der Waals surface area contributed by atoms with Crippen molar-refractivity contribution in [2.24, 2.45) is 0 Å². The lowest BCUT2D eigenvalue weighted by Crippen LogP contribution is -2.49. The Morgan fingerprint density at radius 1 is 1.25 bits per heavy atom. The van der Waals surface area contributed by atoms with Crippen LogP contribution in [0.2, 0.25) is 0 Å². The van der Waals surface area contributed by atoms with Crippen molar-refractivity contribution in [3.05, 3.63) is 35.9 Å². The number of carboxylic acids is 1. The maximum atomic E-state index is 12.3. The van der Waals surface area contributed by atoms with Crippen molar-refractivity contribution in [3.8, 4) is 0 Å². The van der Waals surface area contributed by atoms with Gasteiger partial charge in [0.1, 0.15) is 6.04 Å². The Hall–Kier alpha value is -1.98. The number of hydrogen-bond donors (Lipinski definition) is 2. The highest BCUT2D eigenvalue weighted by atomic mass is 19.3. The van der Waals surface area contributed by atoms with Crippen molar-refractivity contribution in [2.45, 2.75) is 38.2 Å². The first-order valence-electron chi connectivity index (χ1n) is 6.12. The van der Waals surface area contributed by atoms with E-state index >= 15 is 0 Å². The molecule has 0 saturated carbocycles. The number of amides is 1. The third kappa shape index (κ3) is 4.01. The Bertz CT molecular complexity index is 475. The summed E-state index contributed by atoms with van der Waals surface area (Å²) in [5.74, 6) is -2.07. The zero-order valence-corrected chi connectivity index (χ0v) is 11.3. The molecule has 6 heteroatoms. The van der Waals surface area contributed by atoms with Crippen LogP contribution in [0.25, 0.3) is 0 Å². The number of carbonyl (C=O) groups is 2. The molecule has 0 radical (unpaired) electrons. The highest BCUT2D eigenvalue weighted by molar-refractivity contribution is 5.90. The van der Waals surface area contributed by atoms with E-state index in [-0.39, 0.29) is 0 Å². The lowest BCUT2D eigenvalue weighted by Gasteiger charge is -2.26. The fourth-order valence-corrected chi connectivity index (χ4v) is 1.72. The number of carboxylic acid groups (broad SMARTS) is 1. The van der Waals surface area contributed by atoms with E-state index in [1.54, 1.807) is 44.2 Å². The van der Waals surface area contributed by atoms with E-state index in [0.717, 1.165) is 0 Å². The van der Waals surface area contributed by atoms with E-state index in [4.69, 9.17) is 5.11 Å². The molecular formula is C14H17F2NO3. The Morgan fingerprint density at radius 2 is 1.80 bits per heavy atom. The summed E-state index contributed by atoms with van der Waals surface area (Å²) < 4.78 is 24.6. The first-order chi connectivity index (χ1) is 9.25. The summed E-state index contributed by atoms with van der Waals surface area (Å²) >= 11 is 0. The molecule has 1 amide bonds. The van der Waals surface area contributed by atoms with Crippen LogP contribution < -0.4 is 5.32 Å². The van der Waals surface area contributed by atoms with Crippen LogP contribution in [-0.4, -0.2) is 29.5 Å². The third-order valence-electron chi connectivity index (χ3n) is 3.08. The lowest BCUT2D eigenvalue weighted by molar-refractivity contribution is -0.143. The molecule has 4 nitrogen and oxygen atoms in total. The fourth-order valence-electron chi connectivity index (χ4n) is 1.72. The van der Waals surface area contributed by atoms with Gasteiger partial charge in [-0.3, -0.25) is 4.79 Å². The molecule has 1 aromatic carbocycles. The van der Waals surface area contributed by atoms with Gasteiger partial charge in [-0.25, -0.2) is 13.6 Å². The minimum absolute atomic E-state index is 0.600. The molecule has 1 unspecified atom stereocenters. The normalized spacial score (nSPS) is 13.1. The lowest BCUT2D eigenvalue weighted by atomic mass is 9.83. The quantitative estimate of drug-likeness (QED) is 0.842. The van der Waals surface area contributed by atoms with Crippen LogP contribution in [-0.2, 0) is 15.0 Å². The molecule has 0 aliphatic heterocycles. The average Bonchev–Trinajstić information content (AvgIpc) is 2.38. The van der Waals surface area contributed by atoms with Crippen LogP contribution in [0.5, 0.6) is 0 Å². The van der Waals surface area contributed by atoms with Crippen LogP contribution in [0.3, 0.4) is 0 Å². The number of aliphatic carboxylic acids is 1. The highest BCUT2D eigenvalue weighted by Crippen LogP contribution is 2.23. The molecule has 1 rings (SSSR count). The van der Waals surface area contributed by atoms with Gasteiger partial charge in [0.05, 0.1) is 5.41 Å². The molecule has 0 heterocycles. The topological polar surface area (TPSA) is 66.4 Å². The van der Waals surface area contributed by atoms with Crippen LogP contribution in [0, 0.1) is 0 Å². The molecule has 0 aromatic heterocycles. The molecule has 0 fully saturated rings. The largest absolute Gasteiger partial charge is 0.480 e. The molecule has 20 heavy (non-hydrogen) atoms. The van der Waals surface area contributed by atoms with Crippen LogP contribution in [0.15, 0.2) is 30.3 Å². The van der Waals surface area contributed by atoms with Crippen molar-refractivity contribution >= 4 is 11.9 Å². The first-order valence-corrected chi connectivity index (χ1v) is 6.12. The third-order valence-corrected chi connectivity index (χ3v) is 3.08. The predicted octanol–water partition coefficient (Wildman–Crippen LogP) is 2.19. The maximum absolute atomic E-state index is 12.3. The van der Waals surface area contributed by atoms with E-state index in [9.17, 15) is 18.4 Å². The number of rotatable bonds is 6. The van der Waals surface area contributed by atoms with Gasteiger partial charge < -0.3 is 10.4 Å². The van der Waals surface area contributed by atoms with E-state index in [1.165, 1.54) is 0 Å². The second-order valence-corrected chi connectivity index (χ2v) is 4.98. The first kappa shape index (κ1) is 16.1. The van der Waals surface area contributed by atoms with Gasteiger partial charge in [0.15, 0.2) is 0 Å². The van der Waals surface area contributed by atoms with Gasteiger partial charge in [-0.2, -0.15) is 0 Å². The van der Waals surface area contributed by atoms with Gasteiger partial charge in [0.2, 0.25) is 12.3 Å². The maximum Gasteiger partial charge on any atom is 0.326 e. The zero-order valence-electron chi connectivity index (χ0n) is 11.3. The minimum atomic E-state index is -2.80. The van der Waals surface area contributed by atoms with Gasteiger partial charge in [-0.05, 0) is 19.4 Å². The van der Waals surface area contributed by atoms with Crippen molar-refractivity contribution in [3.63, 3.8) is 0 Å². The van der Waals surface area contributed by atoms with Gasteiger partial charge in [0.25, 0.3) is 0 Å². The van der Waals surface area contributed by atoms with Gasteiger partial charge in [-0.15, -0.1) is 0 Å². The molecule has 0 bridgehead atoms. The molecule has 0 aliphatic carbocycles. The predicted molar refractivity (Wildman–Crippen MR) is 69.7 cm³/mol. The zero-order chi connectivity index (χ0) is 15.3. The molecule has 2 N–H and O–H groups in total. The SMILES string of the molecule is CC(C)(C(=O)NC(CC(F)F)C(=O)O)c1ccccc1. The second kappa shape index (κ2) is 6.45. The molecular weight excluding hydrogens is 268 g/mol. The molecule has 110 valence electrons. The smallest absolute Gasteiger partial charge is 0.326 e. The van der Waals surface area contributed by atoms with Crippen molar-refractivity contribution in [2.75, 3.05) is 0 Å². The fraction of sp³-hybridized carbons (Fsp3) is 0.429. The molecule has 0 aliphatic rings. The van der Waals surface area contributed by atoms with Gasteiger partial charge >= 0.3 is 5.97 Å². The average molecular weight is 285 g/mol. The Morgan fingerprint density at radius 3 is 2.25 bits per heavy atom. The number of carbonyl (C=O) groups excluding carboxylic acids is 1. The summed E-state index contributed by atoms with van der Waals surface area (Å²) in [5.41, 5.74) is -0.324. The molecule has 0 spiro atoms. The molecule has 0 saturated heterocycles. The summed E-state index contributed by atoms with van der Waals surface area (Å²) in [6.07, 6.45) is -3.71. The molecule has 1 aromatic rings. The highest BCUT2D eigenvalue weighted by Gasteiger charge is 2.33. The summed E-state index contributed by atoms with van der Waals surface area (Å²) in [7, 11) is 0. The van der Waals surface area contributed by atoms with Crippen LogP contribution >= 0.6 is 0 Å². The number of benzene rings is 1. The van der Waals surface area contributed by atoms with Crippen molar-refractivity contribution in [1.82, 2.24) is 5.32 Å². The standard InChI is InChI=1S/C14H17F2NO3/c1-14(2,9-6-4-3-5-7-9)13(20)17-10(12(18)19)8-11(15)16/h3-7,10-11H,8H2,1-2H3,(H,17,20)(H,18,19). The Kier molecular flexibility index (Phi) is 5.19. The van der Waals surface area contributed by atoms with Gasteiger partial charge in [-0.1, -0.05) is 30.3 Å². The summed E-state index contributed by atoms with van der Waals surface area (Å²) in [6, 6.07) is 7.14. The van der Waals surface area contributed by atoms with E-state index in [2.05, 4.69) is 5.32 Å². The summed E-state index contributed by atoms with van der Waals surface area (Å²) in [5, 5.41) is 11.0. The van der Waals surface area contributed by atoms with Crippen LogP contribution in [0.1, 0.15) is 25.8 Å². The second-order valence-electron chi connectivity index (χ2n) is 4.98. The summed E-state index contributed by atoms with van der Waals surface area (Å²) in [6.45, 7) is 3.22. The number of halogens is 2. The van der Waals surface area contributed by atoms with Crippen molar-refractivity contribution < 1.29 is 23.5 Å². The van der Waals surface area contributed by atoms with E-state index < -0.39 is 36.2 Å². The number of nitrogens with one attached hydrogen (secondary N) is 1.